The maximum Gasteiger partial charge on any atom is 0.263 e. The third-order valence-electron chi connectivity index (χ3n) is 4.98. The lowest BCUT2D eigenvalue weighted by Crippen LogP contribution is -2.53. The van der Waals surface area contributed by atoms with Crippen LogP contribution in [-0.4, -0.2) is 61.0 Å². The fourth-order valence-corrected chi connectivity index (χ4v) is 3.77. The molecule has 1 aliphatic rings. The van der Waals surface area contributed by atoms with Gasteiger partial charge >= 0.3 is 0 Å². The molecule has 0 spiro atoms. The Morgan fingerprint density at radius 1 is 1.03 bits per heavy atom. The third kappa shape index (κ3) is 5.58. The Labute approximate surface area is 186 Å². The van der Waals surface area contributed by atoms with Crippen molar-refractivity contribution in [2.24, 2.45) is 0 Å². The van der Waals surface area contributed by atoms with E-state index in [4.69, 9.17) is 32.7 Å². The summed E-state index contributed by atoms with van der Waals surface area (Å²) < 4.78 is 10.9. The van der Waals surface area contributed by atoms with Crippen molar-refractivity contribution in [3.8, 4) is 11.5 Å². The first-order valence-corrected chi connectivity index (χ1v) is 10.4. The minimum atomic E-state index is -0.692. The Morgan fingerprint density at radius 2 is 1.73 bits per heavy atom. The van der Waals surface area contributed by atoms with Crippen LogP contribution in [0.3, 0.4) is 0 Å². The highest BCUT2D eigenvalue weighted by Gasteiger charge is 2.28. The van der Waals surface area contributed by atoms with Crippen molar-refractivity contribution in [1.82, 2.24) is 9.80 Å². The molecule has 8 heteroatoms. The zero-order valence-corrected chi connectivity index (χ0v) is 18.4. The van der Waals surface area contributed by atoms with Crippen molar-refractivity contribution < 1.29 is 19.1 Å². The van der Waals surface area contributed by atoms with Gasteiger partial charge in [-0.1, -0.05) is 35.3 Å². The molecular weight excluding hydrogens is 427 g/mol. The van der Waals surface area contributed by atoms with Crippen molar-refractivity contribution in [2.45, 2.75) is 19.4 Å². The molecule has 6 nitrogen and oxygen atoms in total. The predicted molar refractivity (Wildman–Crippen MR) is 116 cm³/mol. The maximum atomic E-state index is 12.7. The molecule has 160 valence electrons. The van der Waals surface area contributed by atoms with Crippen LogP contribution in [0.25, 0.3) is 0 Å². The van der Waals surface area contributed by atoms with E-state index < -0.39 is 6.10 Å². The minimum absolute atomic E-state index is 0.0348. The number of benzene rings is 2. The second-order valence-corrected chi connectivity index (χ2v) is 7.91. The van der Waals surface area contributed by atoms with Crippen molar-refractivity contribution >= 4 is 35.0 Å². The van der Waals surface area contributed by atoms with Gasteiger partial charge in [0.05, 0.1) is 18.6 Å². The number of carbonyl (C=O) groups excluding carboxylic acids is 2. The number of rotatable bonds is 6. The lowest BCUT2D eigenvalue weighted by Gasteiger charge is -2.36. The molecule has 2 aromatic rings. The van der Waals surface area contributed by atoms with E-state index in [1.165, 1.54) is 0 Å². The smallest absolute Gasteiger partial charge is 0.263 e. The number of nitrogens with zero attached hydrogens (tertiary/aromatic N) is 2. The summed E-state index contributed by atoms with van der Waals surface area (Å²) in [5.41, 5.74) is 0.903. The Kier molecular flexibility index (Phi) is 7.45. The number of piperazine rings is 1. The van der Waals surface area contributed by atoms with Gasteiger partial charge in [0, 0.05) is 31.2 Å². The molecular formula is C22H24Cl2N2O4. The number of hydrogen-bond donors (Lipinski definition) is 0. The average Bonchev–Trinajstić information content (AvgIpc) is 2.75. The van der Waals surface area contributed by atoms with E-state index in [-0.39, 0.29) is 11.8 Å². The summed E-state index contributed by atoms with van der Waals surface area (Å²) in [7, 11) is 1.60. The van der Waals surface area contributed by atoms with E-state index in [2.05, 4.69) is 0 Å². The van der Waals surface area contributed by atoms with E-state index >= 15 is 0 Å². The van der Waals surface area contributed by atoms with Gasteiger partial charge in [-0.05, 0) is 42.8 Å². The van der Waals surface area contributed by atoms with Crippen molar-refractivity contribution in [3.05, 3.63) is 58.1 Å². The normalized spacial score (nSPS) is 14.9. The van der Waals surface area contributed by atoms with Crippen LogP contribution in [-0.2, 0) is 16.0 Å². The van der Waals surface area contributed by atoms with Gasteiger partial charge in [-0.15, -0.1) is 0 Å². The van der Waals surface area contributed by atoms with Crippen molar-refractivity contribution in [3.63, 3.8) is 0 Å². The van der Waals surface area contributed by atoms with Crippen LogP contribution >= 0.6 is 23.2 Å². The van der Waals surface area contributed by atoms with Crippen LogP contribution in [0.2, 0.25) is 10.0 Å². The first-order valence-electron chi connectivity index (χ1n) is 9.68. The summed E-state index contributed by atoms with van der Waals surface area (Å²) in [6.45, 7) is 3.59. The van der Waals surface area contributed by atoms with Crippen LogP contribution in [0, 0.1) is 0 Å². The van der Waals surface area contributed by atoms with Crippen LogP contribution in [0.1, 0.15) is 12.5 Å². The molecule has 3 rings (SSSR count). The summed E-state index contributed by atoms with van der Waals surface area (Å²) >= 11 is 12.0. The van der Waals surface area contributed by atoms with E-state index in [9.17, 15) is 9.59 Å². The topological polar surface area (TPSA) is 59.1 Å². The molecule has 0 radical (unpaired) electrons. The zero-order chi connectivity index (χ0) is 21.7. The molecule has 30 heavy (non-hydrogen) atoms. The molecule has 0 saturated carbocycles. The van der Waals surface area contributed by atoms with Gasteiger partial charge in [-0.25, -0.2) is 0 Å². The molecule has 1 atom stereocenters. The molecule has 1 fully saturated rings. The van der Waals surface area contributed by atoms with E-state index in [1.807, 2.05) is 24.3 Å². The highest BCUT2D eigenvalue weighted by Crippen LogP contribution is 2.28. The molecule has 0 bridgehead atoms. The first-order chi connectivity index (χ1) is 14.4. The standard InChI is InChI=1S/C22H24Cl2N2O4/c1-15(30-20-7-6-17(23)14-19(20)24)22(28)26-10-8-25(9-11-26)21(27)13-16-4-3-5-18(12-16)29-2/h3-7,12,14-15H,8-11,13H2,1-2H3. The molecule has 2 amide bonds. The molecule has 0 aliphatic carbocycles. The largest absolute Gasteiger partial charge is 0.497 e. The van der Waals surface area contributed by atoms with Crippen LogP contribution in [0.5, 0.6) is 11.5 Å². The number of amides is 2. The number of methoxy groups -OCH3 is 1. The monoisotopic (exact) mass is 450 g/mol. The fraction of sp³-hybridized carbons (Fsp3) is 0.364. The second-order valence-electron chi connectivity index (χ2n) is 7.07. The van der Waals surface area contributed by atoms with Crippen LogP contribution in [0.15, 0.2) is 42.5 Å². The van der Waals surface area contributed by atoms with Gasteiger partial charge in [-0.2, -0.15) is 0 Å². The van der Waals surface area contributed by atoms with Gasteiger partial charge in [0.2, 0.25) is 5.91 Å². The Morgan fingerprint density at radius 3 is 2.40 bits per heavy atom. The molecule has 0 N–H and O–H groups in total. The molecule has 1 aliphatic heterocycles. The van der Waals surface area contributed by atoms with Crippen LogP contribution in [0.4, 0.5) is 0 Å². The number of halogens is 2. The molecule has 2 aromatic carbocycles. The van der Waals surface area contributed by atoms with E-state index in [0.717, 1.165) is 11.3 Å². The lowest BCUT2D eigenvalue weighted by atomic mass is 10.1. The average molecular weight is 451 g/mol. The van der Waals surface area contributed by atoms with Crippen molar-refractivity contribution in [2.75, 3.05) is 33.3 Å². The Hall–Kier alpha value is -2.44. The highest BCUT2D eigenvalue weighted by molar-refractivity contribution is 6.35. The summed E-state index contributed by atoms with van der Waals surface area (Å²) in [6.07, 6.45) is -0.387. The van der Waals surface area contributed by atoms with Gasteiger partial charge in [-0.3, -0.25) is 9.59 Å². The molecule has 1 heterocycles. The van der Waals surface area contributed by atoms with Gasteiger partial charge < -0.3 is 19.3 Å². The summed E-state index contributed by atoms with van der Waals surface area (Å²) in [5, 5.41) is 0.858. The van der Waals surface area contributed by atoms with Gasteiger partial charge in [0.25, 0.3) is 5.91 Å². The number of hydrogen-bond acceptors (Lipinski definition) is 4. The molecule has 0 aromatic heterocycles. The predicted octanol–water partition coefficient (Wildman–Crippen LogP) is 3.68. The van der Waals surface area contributed by atoms with Gasteiger partial charge in [0.15, 0.2) is 6.10 Å². The minimum Gasteiger partial charge on any atom is -0.497 e. The highest BCUT2D eigenvalue weighted by atomic mass is 35.5. The third-order valence-corrected chi connectivity index (χ3v) is 5.51. The van der Waals surface area contributed by atoms with E-state index in [0.29, 0.717) is 48.4 Å². The fourth-order valence-electron chi connectivity index (χ4n) is 3.31. The molecule has 1 saturated heterocycles. The van der Waals surface area contributed by atoms with Gasteiger partial charge in [0.1, 0.15) is 11.5 Å². The second kappa shape index (κ2) is 10.0. The molecule has 1 unspecified atom stereocenters. The summed E-state index contributed by atoms with van der Waals surface area (Å²) in [6, 6.07) is 12.4. The lowest BCUT2D eigenvalue weighted by molar-refractivity contribution is -0.143. The Bertz CT molecular complexity index is 914. The SMILES string of the molecule is COc1cccc(CC(=O)N2CCN(C(=O)C(C)Oc3ccc(Cl)cc3Cl)CC2)c1. The quantitative estimate of drug-likeness (QED) is 0.673. The maximum absolute atomic E-state index is 12.7. The number of carbonyl (C=O) groups is 2. The summed E-state index contributed by atoms with van der Waals surface area (Å²) in [4.78, 5) is 28.8. The number of ether oxygens (including phenoxy) is 2. The van der Waals surface area contributed by atoms with Crippen LogP contribution < -0.4 is 9.47 Å². The summed E-state index contributed by atoms with van der Waals surface area (Å²) in [5.74, 6) is 1.04. The zero-order valence-electron chi connectivity index (χ0n) is 16.9. The first kappa shape index (κ1) is 22.2. The Balaban J connectivity index is 1.51. The van der Waals surface area contributed by atoms with Crippen molar-refractivity contribution in [1.29, 1.82) is 0 Å². The van der Waals surface area contributed by atoms with E-state index in [1.54, 1.807) is 42.0 Å².